The van der Waals surface area contributed by atoms with E-state index < -0.39 is 17.5 Å². The summed E-state index contributed by atoms with van der Waals surface area (Å²) in [6, 6.07) is 14.2. The van der Waals surface area contributed by atoms with Crippen LogP contribution in [0.25, 0.3) is 0 Å². The van der Waals surface area contributed by atoms with Gasteiger partial charge in [0.15, 0.2) is 0 Å². The Morgan fingerprint density at radius 2 is 1.76 bits per heavy atom. The summed E-state index contributed by atoms with van der Waals surface area (Å²) in [5.41, 5.74) is 6.91. The zero-order valence-electron chi connectivity index (χ0n) is 18.5. The van der Waals surface area contributed by atoms with Gasteiger partial charge in [0.2, 0.25) is 0 Å². The Labute approximate surface area is 201 Å². The second kappa shape index (κ2) is 11.6. The molecule has 0 aliphatic carbocycles. The quantitative estimate of drug-likeness (QED) is 0.451. The number of carbonyl (C=O) groups is 2. The molecule has 0 bridgehead atoms. The predicted octanol–water partition coefficient (Wildman–Crippen LogP) is 4.87. The van der Waals surface area contributed by atoms with Gasteiger partial charge in [-0.3, -0.25) is 9.59 Å². The van der Waals surface area contributed by atoms with Crippen molar-refractivity contribution < 1.29 is 23.1 Å². The second-order valence-electron chi connectivity index (χ2n) is 7.52. The van der Waals surface area contributed by atoms with Gasteiger partial charge in [-0.1, -0.05) is 17.7 Å². The van der Waals surface area contributed by atoms with Crippen molar-refractivity contribution in [3.63, 3.8) is 0 Å². The highest BCUT2D eigenvalue weighted by atomic mass is 35.5. The summed E-state index contributed by atoms with van der Waals surface area (Å²) in [7, 11) is 1.51. The van der Waals surface area contributed by atoms with Crippen LogP contribution in [0.4, 0.5) is 14.5 Å². The molecule has 3 rings (SSSR count). The average molecular weight is 488 g/mol. The Hall–Kier alpha value is -3.49. The first kappa shape index (κ1) is 25.1. The fourth-order valence-electron chi connectivity index (χ4n) is 3.34. The molecule has 0 aromatic heterocycles. The smallest absolute Gasteiger partial charge is 0.255 e. The zero-order valence-corrected chi connectivity index (χ0v) is 19.2. The number of hydrogen-bond donors (Lipinski definition) is 2. The van der Waals surface area contributed by atoms with E-state index >= 15 is 0 Å². The van der Waals surface area contributed by atoms with Crippen LogP contribution in [0.2, 0.25) is 5.02 Å². The van der Waals surface area contributed by atoms with Crippen LogP contribution in [0.1, 0.15) is 32.7 Å². The summed E-state index contributed by atoms with van der Waals surface area (Å²) >= 11 is 6.36. The number of methoxy groups -OCH3 is 1. The van der Waals surface area contributed by atoms with Crippen LogP contribution < -0.4 is 15.8 Å². The van der Waals surface area contributed by atoms with E-state index in [1.807, 2.05) is 0 Å². The Balaban J connectivity index is 1.83. The molecule has 0 atom stereocenters. The van der Waals surface area contributed by atoms with Crippen molar-refractivity contribution in [2.75, 3.05) is 25.5 Å². The van der Waals surface area contributed by atoms with Gasteiger partial charge in [-0.05, 0) is 67.1 Å². The summed E-state index contributed by atoms with van der Waals surface area (Å²) in [5, 5.41) is 3.16. The fraction of sp³-hybridized carbons (Fsp3) is 0.200. The van der Waals surface area contributed by atoms with Gasteiger partial charge in [0.1, 0.15) is 17.4 Å². The van der Waals surface area contributed by atoms with Crippen LogP contribution in [0.15, 0.2) is 60.7 Å². The normalized spacial score (nSPS) is 10.6. The molecule has 0 aliphatic heterocycles. The van der Waals surface area contributed by atoms with E-state index in [9.17, 15) is 18.4 Å². The Kier molecular flexibility index (Phi) is 8.56. The molecule has 0 saturated heterocycles. The van der Waals surface area contributed by atoms with Crippen molar-refractivity contribution in [3.8, 4) is 5.75 Å². The molecule has 0 aliphatic rings. The molecule has 3 N–H and O–H groups in total. The van der Waals surface area contributed by atoms with Crippen molar-refractivity contribution in [1.82, 2.24) is 4.90 Å². The molecule has 0 spiro atoms. The van der Waals surface area contributed by atoms with Gasteiger partial charge in [0.25, 0.3) is 11.8 Å². The van der Waals surface area contributed by atoms with Crippen molar-refractivity contribution in [2.45, 2.75) is 13.0 Å². The molecule has 6 nitrogen and oxygen atoms in total. The number of nitrogens with two attached hydrogens (primary N) is 1. The number of anilines is 1. The van der Waals surface area contributed by atoms with E-state index in [4.69, 9.17) is 22.1 Å². The van der Waals surface area contributed by atoms with E-state index in [-0.39, 0.29) is 24.6 Å². The van der Waals surface area contributed by atoms with Crippen molar-refractivity contribution in [3.05, 3.63) is 94.0 Å². The third kappa shape index (κ3) is 6.52. The van der Waals surface area contributed by atoms with Crippen molar-refractivity contribution in [1.29, 1.82) is 0 Å². The van der Waals surface area contributed by atoms with Crippen LogP contribution in [0, 0.1) is 11.6 Å². The standard InChI is InChI=1S/C25H24ClF2N3O3/c1-34-22-5-2-4-16(13-22)24(32)30-21-6-7-23(26)18(12-21)15-31(9-3-8-29)25(33)17-10-19(27)14-20(28)11-17/h2,4-7,10-14H,3,8-9,15,29H2,1H3,(H,30,32). The highest BCUT2D eigenvalue weighted by Gasteiger charge is 2.19. The van der Waals surface area contributed by atoms with Gasteiger partial charge >= 0.3 is 0 Å². The van der Waals surface area contributed by atoms with E-state index in [0.717, 1.165) is 12.1 Å². The molecule has 178 valence electrons. The zero-order chi connectivity index (χ0) is 24.7. The first-order valence-corrected chi connectivity index (χ1v) is 10.9. The topological polar surface area (TPSA) is 84.7 Å². The maximum Gasteiger partial charge on any atom is 0.255 e. The largest absolute Gasteiger partial charge is 0.497 e. The molecule has 3 aromatic rings. The molecule has 0 saturated carbocycles. The number of rotatable bonds is 9. The molecular formula is C25H24ClF2N3O3. The fourth-order valence-corrected chi connectivity index (χ4v) is 3.52. The summed E-state index contributed by atoms with van der Waals surface area (Å²) in [6.45, 7) is 0.633. The van der Waals surface area contributed by atoms with Gasteiger partial charge in [-0.15, -0.1) is 0 Å². The lowest BCUT2D eigenvalue weighted by atomic mass is 10.1. The lowest BCUT2D eigenvalue weighted by molar-refractivity contribution is 0.0741. The van der Waals surface area contributed by atoms with E-state index in [0.29, 0.717) is 46.6 Å². The molecule has 3 aromatic carbocycles. The number of carbonyl (C=O) groups excluding carboxylic acids is 2. The van der Waals surface area contributed by atoms with E-state index in [2.05, 4.69) is 5.32 Å². The minimum absolute atomic E-state index is 0.0542. The first-order chi connectivity index (χ1) is 16.3. The molecule has 2 amide bonds. The maximum absolute atomic E-state index is 13.7. The molecule has 9 heteroatoms. The van der Waals surface area contributed by atoms with E-state index in [1.165, 1.54) is 12.0 Å². The molecule has 0 fully saturated rings. The van der Waals surface area contributed by atoms with Gasteiger partial charge in [-0.25, -0.2) is 8.78 Å². The van der Waals surface area contributed by atoms with E-state index in [1.54, 1.807) is 42.5 Å². The van der Waals surface area contributed by atoms with Crippen LogP contribution in [0.3, 0.4) is 0 Å². The third-order valence-corrected chi connectivity index (χ3v) is 5.39. The van der Waals surface area contributed by atoms with Crippen molar-refractivity contribution >= 4 is 29.1 Å². The van der Waals surface area contributed by atoms with Crippen LogP contribution in [0.5, 0.6) is 5.75 Å². The highest BCUT2D eigenvalue weighted by molar-refractivity contribution is 6.31. The maximum atomic E-state index is 13.7. The number of nitrogens with zero attached hydrogens (tertiary/aromatic N) is 1. The number of amides is 2. The lowest BCUT2D eigenvalue weighted by Gasteiger charge is -2.24. The number of ether oxygens (including phenoxy) is 1. The Bertz CT molecular complexity index is 1170. The summed E-state index contributed by atoms with van der Waals surface area (Å²) in [6.07, 6.45) is 0.480. The number of nitrogens with one attached hydrogen (secondary N) is 1. The first-order valence-electron chi connectivity index (χ1n) is 10.5. The summed E-state index contributed by atoms with van der Waals surface area (Å²) in [4.78, 5) is 27.1. The van der Waals surface area contributed by atoms with Gasteiger partial charge < -0.3 is 20.7 Å². The predicted molar refractivity (Wildman–Crippen MR) is 127 cm³/mol. The molecule has 0 unspecified atom stereocenters. The van der Waals surface area contributed by atoms with Crippen LogP contribution in [-0.2, 0) is 6.54 Å². The molecule has 0 heterocycles. The lowest BCUT2D eigenvalue weighted by Crippen LogP contribution is -2.33. The third-order valence-electron chi connectivity index (χ3n) is 5.03. The van der Waals surface area contributed by atoms with Crippen LogP contribution in [-0.4, -0.2) is 36.9 Å². The molecular weight excluding hydrogens is 464 g/mol. The SMILES string of the molecule is COc1cccc(C(=O)Nc2ccc(Cl)c(CN(CCCN)C(=O)c3cc(F)cc(F)c3)c2)c1. The van der Waals surface area contributed by atoms with Gasteiger partial charge in [-0.2, -0.15) is 0 Å². The highest BCUT2D eigenvalue weighted by Crippen LogP contribution is 2.24. The summed E-state index contributed by atoms with van der Waals surface area (Å²) < 4.78 is 32.5. The van der Waals surface area contributed by atoms with Crippen LogP contribution >= 0.6 is 11.6 Å². The monoisotopic (exact) mass is 487 g/mol. The average Bonchev–Trinajstić information content (AvgIpc) is 2.82. The molecule has 0 radical (unpaired) electrons. The molecule has 34 heavy (non-hydrogen) atoms. The number of benzene rings is 3. The van der Waals surface area contributed by atoms with Crippen molar-refractivity contribution in [2.24, 2.45) is 5.73 Å². The number of halogens is 3. The Morgan fingerprint density at radius 1 is 1.03 bits per heavy atom. The van der Waals surface area contributed by atoms with Gasteiger partial charge in [0.05, 0.1) is 7.11 Å². The minimum atomic E-state index is -0.845. The second-order valence-corrected chi connectivity index (χ2v) is 7.93. The Morgan fingerprint density at radius 3 is 2.44 bits per heavy atom. The van der Waals surface area contributed by atoms with Gasteiger partial charge in [0, 0.05) is 41.0 Å². The minimum Gasteiger partial charge on any atom is -0.497 e. The number of hydrogen-bond acceptors (Lipinski definition) is 4. The summed E-state index contributed by atoms with van der Waals surface area (Å²) in [5.74, 6) is -2.05.